The molecule has 0 saturated heterocycles. The van der Waals surface area contributed by atoms with Crippen LogP contribution in [-0.4, -0.2) is 22.5 Å². The number of ketones is 1. The molecule has 0 aliphatic rings. The number of aromatic hydroxyl groups is 1. The molecule has 2 N–H and O–H groups in total. The van der Waals surface area contributed by atoms with Gasteiger partial charge >= 0.3 is 0 Å². The summed E-state index contributed by atoms with van der Waals surface area (Å²) in [6.07, 6.45) is 0. The van der Waals surface area contributed by atoms with Gasteiger partial charge < -0.3 is 5.11 Å². The van der Waals surface area contributed by atoms with E-state index in [2.05, 4.69) is 42.4 Å². The van der Waals surface area contributed by atoms with Gasteiger partial charge in [0.15, 0.2) is 0 Å². The fraction of sp³-hybridized carbons (Fsp3) is 0.0800. The maximum absolute atomic E-state index is 13.5. The number of halogens is 2. The molecule has 0 radical (unpaired) electrons. The van der Waals surface area contributed by atoms with Gasteiger partial charge in [-0.3, -0.25) is 9.59 Å². The largest absolute Gasteiger partial charge is 0.507 e. The third-order valence-electron chi connectivity index (χ3n) is 4.88. The minimum atomic E-state index is -1.25. The van der Waals surface area contributed by atoms with Gasteiger partial charge in [0, 0.05) is 8.95 Å². The van der Waals surface area contributed by atoms with Crippen molar-refractivity contribution in [2.45, 2.75) is 11.8 Å². The van der Waals surface area contributed by atoms with Gasteiger partial charge in [-0.25, -0.2) is 5.43 Å². The molecule has 3 aromatic carbocycles. The number of phenols is 1. The average molecular weight is 580 g/mol. The van der Waals surface area contributed by atoms with E-state index in [1.807, 2.05) is 12.1 Å². The molecular formula is C25H16Br2N4O3. The molecule has 168 valence electrons. The van der Waals surface area contributed by atoms with Crippen LogP contribution in [0.5, 0.6) is 5.75 Å². The molecule has 0 aromatic heterocycles. The summed E-state index contributed by atoms with van der Waals surface area (Å²) in [4.78, 5) is 26.1. The lowest BCUT2D eigenvalue weighted by atomic mass is 9.86. The Morgan fingerprint density at radius 2 is 1.32 bits per heavy atom. The lowest BCUT2D eigenvalue weighted by molar-refractivity contribution is -0.113. The lowest BCUT2D eigenvalue weighted by Gasteiger charge is -2.16. The second-order valence-electron chi connectivity index (χ2n) is 7.05. The second kappa shape index (κ2) is 11.4. The number of phenolic OH excluding ortho intramolecular Hbond substituents is 1. The lowest BCUT2D eigenvalue weighted by Crippen LogP contribution is -2.31. The molecule has 3 aromatic rings. The maximum Gasteiger partial charge on any atom is 0.275 e. The van der Waals surface area contributed by atoms with E-state index in [1.54, 1.807) is 60.7 Å². The van der Waals surface area contributed by atoms with Crippen LogP contribution in [0, 0.1) is 22.7 Å². The van der Waals surface area contributed by atoms with E-state index >= 15 is 0 Å². The molecule has 0 aliphatic heterocycles. The van der Waals surface area contributed by atoms with E-state index in [0.29, 0.717) is 11.1 Å². The van der Waals surface area contributed by atoms with Crippen LogP contribution in [0.3, 0.4) is 0 Å². The number of carbonyl (C=O) groups is 2. The number of nitrogens with one attached hydrogen (secondary N) is 1. The molecule has 0 aliphatic carbocycles. The summed E-state index contributed by atoms with van der Waals surface area (Å²) >= 11 is 6.64. The number of carbonyl (C=O) groups excluding carboxylic acids is 2. The predicted octanol–water partition coefficient (Wildman–Crippen LogP) is 5.19. The first-order chi connectivity index (χ1) is 16.3. The van der Waals surface area contributed by atoms with E-state index in [9.17, 15) is 25.2 Å². The standard InChI is InChI=1S/C25H16Br2N4O3/c26-17-9-5-15(6-10-17)20(13-28)23(30-31-25(34)19-3-1-2-4-22(19)32)24(33)21(14-29)16-7-11-18(27)12-8-16/h1-12,20-21,32H,(H,31,34)/b30-23+/t20-,21+/m1/s1. The maximum atomic E-state index is 13.5. The molecule has 3 rings (SSSR count). The number of hydrogen-bond donors (Lipinski definition) is 2. The Morgan fingerprint density at radius 1 is 0.824 bits per heavy atom. The Balaban J connectivity index is 2.04. The van der Waals surface area contributed by atoms with Crippen molar-refractivity contribution in [1.82, 2.24) is 5.43 Å². The quantitative estimate of drug-likeness (QED) is 0.294. The zero-order valence-electron chi connectivity index (χ0n) is 17.4. The Hall–Kier alpha value is -3.79. The minimum absolute atomic E-state index is 0.0556. The molecule has 34 heavy (non-hydrogen) atoms. The first-order valence-electron chi connectivity index (χ1n) is 9.86. The van der Waals surface area contributed by atoms with Gasteiger partial charge in [-0.2, -0.15) is 15.6 Å². The van der Waals surface area contributed by atoms with Gasteiger partial charge in [-0.05, 0) is 47.5 Å². The smallest absolute Gasteiger partial charge is 0.275 e. The number of Topliss-reactive ketones (excluding diaryl/α,β-unsaturated/α-hetero) is 1. The Kier molecular flexibility index (Phi) is 8.31. The van der Waals surface area contributed by atoms with Crippen molar-refractivity contribution in [3.8, 4) is 17.9 Å². The normalized spacial score (nSPS) is 12.6. The first kappa shape index (κ1) is 24.8. The molecule has 1 amide bonds. The van der Waals surface area contributed by atoms with E-state index in [0.717, 1.165) is 8.95 Å². The predicted molar refractivity (Wildman–Crippen MR) is 133 cm³/mol. The van der Waals surface area contributed by atoms with Gasteiger partial charge in [0.1, 0.15) is 23.3 Å². The van der Waals surface area contributed by atoms with Crippen LogP contribution in [0.15, 0.2) is 86.8 Å². The number of hydrazone groups is 1. The van der Waals surface area contributed by atoms with Gasteiger partial charge in [-0.1, -0.05) is 68.3 Å². The summed E-state index contributed by atoms with van der Waals surface area (Å²) in [6, 6.07) is 23.2. The summed E-state index contributed by atoms with van der Waals surface area (Å²) in [5, 5.41) is 33.6. The zero-order valence-corrected chi connectivity index (χ0v) is 20.6. The number of hydrogen-bond acceptors (Lipinski definition) is 6. The van der Waals surface area contributed by atoms with E-state index in [-0.39, 0.29) is 17.0 Å². The molecule has 0 bridgehead atoms. The van der Waals surface area contributed by atoms with Crippen LogP contribution in [0.25, 0.3) is 0 Å². The molecule has 0 unspecified atom stereocenters. The van der Waals surface area contributed by atoms with Crippen LogP contribution in [0.1, 0.15) is 33.3 Å². The van der Waals surface area contributed by atoms with Crippen molar-refractivity contribution in [2.24, 2.45) is 5.10 Å². The highest BCUT2D eigenvalue weighted by molar-refractivity contribution is 9.10. The molecule has 2 atom stereocenters. The van der Waals surface area contributed by atoms with Gasteiger partial charge in [0.25, 0.3) is 5.91 Å². The second-order valence-corrected chi connectivity index (χ2v) is 8.88. The average Bonchev–Trinajstić information content (AvgIpc) is 2.84. The Bertz CT molecular complexity index is 1320. The number of amides is 1. The van der Waals surface area contributed by atoms with Crippen molar-refractivity contribution in [3.05, 3.63) is 98.4 Å². The van der Waals surface area contributed by atoms with Crippen molar-refractivity contribution in [2.75, 3.05) is 0 Å². The SMILES string of the molecule is N#C[C@H](C(=O)/C(=N/NC(=O)c1ccccc1O)[C@H](C#N)c1ccc(Br)cc1)c1ccc(Br)cc1. The van der Waals surface area contributed by atoms with Crippen LogP contribution in [0.2, 0.25) is 0 Å². The van der Waals surface area contributed by atoms with Gasteiger partial charge in [-0.15, -0.1) is 0 Å². The monoisotopic (exact) mass is 578 g/mol. The summed E-state index contributed by atoms with van der Waals surface area (Å²) < 4.78 is 1.55. The molecule has 0 spiro atoms. The van der Waals surface area contributed by atoms with E-state index < -0.39 is 23.5 Å². The highest BCUT2D eigenvalue weighted by atomic mass is 79.9. The third-order valence-corrected chi connectivity index (χ3v) is 5.94. The van der Waals surface area contributed by atoms with Gasteiger partial charge in [0.2, 0.25) is 5.78 Å². The van der Waals surface area contributed by atoms with Crippen LogP contribution in [0.4, 0.5) is 0 Å². The van der Waals surface area contributed by atoms with E-state index in [1.165, 1.54) is 12.1 Å². The fourth-order valence-electron chi connectivity index (χ4n) is 3.14. The van der Waals surface area contributed by atoms with Crippen molar-refractivity contribution in [3.63, 3.8) is 0 Å². The van der Waals surface area contributed by atoms with Crippen molar-refractivity contribution in [1.29, 1.82) is 10.5 Å². The third kappa shape index (κ3) is 5.76. The number of para-hydroxylation sites is 1. The summed E-state index contributed by atoms with van der Waals surface area (Å²) in [5.74, 6) is -4.17. The van der Waals surface area contributed by atoms with Crippen LogP contribution < -0.4 is 5.43 Å². The van der Waals surface area contributed by atoms with Crippen molar-refractivity contribution < 1.29 is 14.7 Å². The van der Waals surface area contributed by atoms with E-state index in [4.69, 9.17) is 0 Å². The number of benzene rings is 3. The number of rotatable bonds is 7. The minimum Gasteiger partial charge on any atom is -0.507 e. The Labute approximate surface area is 212 Å². The molecule has 9 heteroatoms. The molecule has 7 nitrogen and oxygen atoms in total. The van der Waals surface area contributed by atoms with Crippen LogP contribution >= 0.6 is 31.9 Å². The highest BCUT2D eigenvalue weighted by Crippen LogP contribution is 2.26. The molecular weight excluding hydrogens is 564 g/mol. The summed E-state index contributed by atoms with van der Waals surface area (Å²) in [6.45, 7) is 0. The first-order valence-corrected chi connectivity index (χ1v) is 11.4. The Morgan fingerprint density at radius 3 is 1.82 bits per heavy atom. The summed E-state index contributed by atoms with van der Waals surface area (Å²) in [7, 11) is 0. The molecule has 0 saturated carbocycles. The molecule has 0 heterocycles. The number of nitrogens with zero attached hydrogens (tertiary/aromatic N) is 3. The van der Waals surface area contributed by atoms with Crippen molar-refractivity contribution >= 4 is 49.3 Å². The van der Waals surface area contributed by atoms with Gasteiger partial charge in [0.05, 0.1) is 17.7 Å². The topological polar surface area (TPSA) is 126 Å². The highest BCUT2D eigenvalue weighted by Gasteiger charge is 2.32. The fourth-order valence-corrected chi connectivity index (χ4v) is 3.66. The number of nitriles is 2. The summed E-state index contributed by atoms with van der Waals surface area (Å²) in [5.41, 5.74) is 2.77. The molecule has 0 fully saturated rings. The zero-order chi connectivity index (χ0) is 24.7. The van der Waals surface area contributed by atoms with Crippen LogP contribution in [-0.2, 0) is 4.79 Å².